The number of ether oxygens (including phenoxy) is 1. The van der Waals surface area contributed by atoms with Gasteiger partial charge in [0.2, 0.25) is 11.6 Å². The number of unbranched alkanes of at least 4 members (excludes halogenated alkanes) is 1. The third-order valence-electron chi connectivity index (χ3n) is 5.15. The molecule has 4 rings (SSSR count). The van der Waals surface area contributed by atoms with Crippen LogP contribution in [0.3, 0.4) is 0 Å². The highest BCUT2D eigenvalue weighted by atomic mass is 16.5. The highest BCUT2D eigenvalue weighted by molar-refractivity contribution is 5.84. The summed E-state index contributed by atoms with van der Waals surface area (Å²) in [6, 6.07) is 15.7. The molecule has 0 spiro atoms. The minimum Gasteiger partial charge on any atom is -0.497 e. The van der Waals surface area contributed by atoms with E-state index in [4.69, 9.17) is 9.72 Å². The summed E-state index contributed by atoms with van der Waals surface area (Å²) in [4.78, 5) is 16.8. The quantitative estimate of drug-likeness (QED) is 0.404. The number of nitrogens with one attached hydrogen (secondary N) is 2. The molecule has 0 radical (unpaired) electrons. The van der Waals surface area contributed by atoms with Crippen molar-refractivity contribution in [1.29, 1.82) is 0 Å². The number of anilines is 1. The number of rotatable bonds is 9. The number of methoxy groups -OCH3 is 1. The van der Waals surface area contributed by atoms with Crippen molar-refractivity contribution in [2.75, 3.05) is 19.0 Å². The second-order valence-electron chi connectivity index (χ2n) is 7.37. The molecule has 2 aromatic carbocycles. The highest BCUT2D eigenvalue weighted by Gasteiger charge is 2.13. The summed E-state index contributed by atoms with van der Waals surface area (Å²) in [6.07, 6.45) is 2.13. The van der Waals surface area contributed by atoms with Crippen LogP contribution < -0.4 is 15.4 Å². The standard InChI is InChI=1S/C23H26N6O2/c1-16-27-28-23-22(26-19-14-18(31-2)11-12-20(19)29(16)23)24-13-7-6-10-21(30)25-15-17-8-4-3-5-9-17/h3-5,8-9,11-12,14H,6-7,10,13,15H2,1-2H3,(H,24,26)(H,25,30). The maximum Gasteiger partial charge on any atom is 0.220 e. The minimum atomic E-state index is 0.0650. The summed E-state index contributed by atoms with van der Waals surface area (Å²) >= 11 is 0. The highest BCUT2D eigenvalue weighted by Crippen LogP contribution is 2.25. The van der Waals surface area contributed by atoms with E-state index >= 15 is 0 Å². The first kappa shape index (κ1) is 20.6. The first-order valence-corrected chi connectivity index (χ1v) is 10.4. The fourth-order valence-electron chi connectivity index (χ4n) is 3.50. The van der Waals surface area contributed by atoms with Gasteiger partial charge in [-0.1, -0.05) is 30.3 Å². The Morgan fingerprint density at radius 3 is 2.74 bits per heavy atom. The van der Waals surface area contributed by atoms with E-state index in [0.717, 1.165) is 41.0 Å². The van der Waals surface area contributed by atoms with Crippen LogP contribution in [-0.4, -0.2) is 39.1 Å². The average Bonchev–Trinajstić information content (AvgIpc) is 3.19. The van der Waals surface area contributed by atoms with Crippen molar-refractivity contribution in [2.45, 2.75) is 32.7 Å². The van der Waals surface area contributed by atoms with Gasteiger partial charge in [0.25, 0.3) is 0 Å². The van der Waals surface area contributed by atoms with E-state index in [1.807, 2.05) is 59.9 Å². The second kappa shape index (κ2) is 9.42. The van der Waals surface area contributed by atoms with Gasteiger partial charge in [0.15, 0.2) is 5.82 Å². The Balaban J connectivity index is 1.34. The zero-order valence-electron chi connectivity index (χ0n) is 17.8. The Kier molecular flexibility index (Phi) is 6.26. The Labute approximate surface area is 180 Å². The first-order valence-electron chi connectivity index (χ1n) is 10.4. The predicted octanol–water partition coefficient (Wildman–Crippen LogP) is 3.49. The Morgan fingerprint density at radius 2 is 1.94 bits per heavy atom. The predicted molar refractivity (Wildman–Crippen MR) is 120 cm³/mol. The number of nitrogens with zero attached hydrogens (tertiary/aromatic N) is 4. The van der Waals surface area contributed by atoms with E-state index in [9.17, 15) is 4.79 Å². The van der Waals surface area contributed by atoms with Gasteiger partial charge in [0.05, 0.1) is 18.1 Å². The van der Waals surface area contributed by atoms with Crippen LogP contribution >= 0.6 is 0 Å². The van der Waals surface area contributed by atoms with Gasteiger partial charge < -0.3 is 15.4 Å². The molecular formula is C23H26N6O2. The SMILES string of the molecule is COc1ccc2c(c1)nc(NCCCCC(=O)NCc1ccccc1)c1nnc(C)n12. The van der Waals surface area contributed by atoms with Crippen molar-refractivity contribution < 1.29 is 9.53 Å². The Bertz CT molecular complexity index is 1190. The lowest BCUT2D eigenvalue weighted by Crippen LogP contribution is -2.22. The number of carbonyl (C=O) groups is 1. The van der Waals surface area contributed by atoms with E-state index in [0.29, 0.717) is 31.0 Å². The maximum absolute atomic E-state index is 12.1. The molecule has 4 aromatic rings. The number of aromatic nitrogens is 4. The lowest BCUT2D eigenvalue weighted by molar-refractivity contribution is -0.121. The van der Waals surface area contributed by atoms with Gasteiger partial charge in [0, 0.05) is 25.6 Å². The van der Waals surface area contributed by atoms with E-state index in [-0.39, 0.29) is 5.91 Å². The molecule has 0 fully saturated rings. The number of fused-ring (bicyclic) bond motifs is 3. The fraction of sp³-hybridized carbons (Fsp3) is 0.304. The van der Waals surface area contributed by atoms with Crippen molar-refractivity contribution >= 4 is 28.4 Å². The number of hydrogen-bond donors (Lipinski definition) is 2. The molecule has 0 bridgehead atoms. The molecule has 0 unspecified atom stereocenters. The monoisotopic (exact) mass is 418 g/mol. The van der Waals surface area contributed by atoms with Crippen LogP contribution in [0.25, 0.3) is 16.7 Å². The van der Waals surface area contributed by atoms with Crippen LogP contribution in [0.15, 0.2) is 48.5 Å². The number of amides is 1. The largest absolute Gasteiger partial charge is 0.497 e. The second-order valence-corrected chi connectivity index (χ2v) is 7.37. The molecule has 2 N–H and O–H groups in total. The Hall–Kier alpha value is -3.68. The summed E-state index contributed by atoms with van der Waals surface area (Å²) in [7, 11) is 1.64. The first-order chi connectivity index (χ1) is 15.2. The van der Waals surface area contributed by atoms with Crippen LogP contribution in [0.2, 0.25) is 0 Å². The molecule has 8 heteroatoms. The van der Waals surface area contributed by atoms with Crippen molar-refractivity contribution in [3.8, 4) is 5.75 Å². The summed E-state index contributed by atoms with van der Waals surface area (Å²) in [5.74, 6) is 2.29. The normalized spacial score (nSPS) is 11.0. The molecular weight excluding hydrogens is 392 g/mol. The molecule has 160 valence electrons. The van der Waals surface area contributed by atoms with Gasteiger partial charge in [0.1, 0.15) is 11.6 Å². The van der Waals surface area contributed by atoms with Gasteiger partial charge in [-0.25, -0.2) is 4.98 Å². The van der Waals surface area contributed by atoms with E-state index in [1.54, 1.807) is 7.11 Å². The molecule has 0 atom stereocenters. The maximum atomic E-state index is 12.1. The van der Waals surface area contributed by atoms with Crippen molar-refractivity contribution in [1.82, 2.24) is 24.9 Å². The third-order valence-corrected chi connectivity index (χ3v) is 5.15. The van der Waals surface area contributed by atoms with E-state index in [1.165, 1.54) is 0 Å². The molecule has 2 aromatic heterocycles. The smallest absolute Gasteiger partial charge is 0.220 e. The van der Waals surface area contributed by atoms with Gasteiger partial charge in [-0.15, -0.1) is 10.2 Å². The van der Waals surface area contributed by atoms with Crippen LogP contribution in [0.5, 0.6) is 5.75 Å². The van der Waals surface area contributed by atoms with Crippen LogP contribution in [0, 0.1) is 6.92 Å². The van der Waals surface area contributed by atoms with Crippen molar-refractivity contribution in [2.24, 2.45) is 0 Å². The van der Waals surface area contributed by atoms with Crippen molar-refractivity contribution in [3.63, 3.8) is 0 Å². The lowest BCUT2D eigenvalue weighted by Gasteiger charge is -2.11. The molecule has 2 heterocycles. The fourth-order valence-corrected chi connectivity index (χ4v) is 3.50. The van der Waals surface area contributed by atoms with Crippen LogP contribution in [0.4, 0.5) is 5.82 Å². The van der Waals surface area contributed by atoms with Gasteiger partial charge in [-0.3, -0.25) is 9.20 Å². The zero-order chi connectivity index (χ0) is 21.6. The molecule has 31 heavy (non-hydrogen) atoms. The summed E-state index contributed by atoms with van der Waals surface area (Å²) in [6.45, 7) is 3.17. The minimum absolute atomic E-state index is 0.0650. The summed E-state index contributed by atoms with van der Waals surface area (Å²) in [5.41, 5.74) is 3.52. The summed E-state index contributed by atoms with van der Waals surface area (Å²) < 4.78 is 7.32. The molecule has 0 aliphatic rings. The van der Waals surface area contributed by atoms with E-state index in [2.05, 4.69) is 20.8 Å². The van der Waals surface area contributed by atoms with Crippen molar-refractivity contribution in [3.05, 3.63) is 59.9 Å². The lowest BCUT2D eigenvalue weighted by atomic mass is 10.2. The number of carbonyl (C=O) groups excluding carboxylic acids is 1. The molecule has 0 saturated heterocycles. The average molecular weight is 419 g/mol. The molecule has 8 nitrogen and oxygen atoms in total. The third kappa shape index (κ3) is 4.74. The van der Waals surface area contributed by atoms with Gasteiger partial charge in [-0.05, 0) is 37.5 Å². The molecule has 1 amide bonds. The number of benzene rings is 2. The topological polar surface area (TPSA) is 93.4 Å². The van der Waals surface area contributed by atoms with E-state index < -0.39 is 0 Å². The zero-order valence-corrected chi connectivity index (χ0v) is 17.8. The molecule has 0 saturated carbocycles. The van der Waals surface area contributed by atoms with Crippen LogP contribution in [-0.2, 0) is 11.3 Å². The summed E-state index contributed by atoms with van der Waals surface area (Å²) in [5, 5.41) is 14.8. The number of aryl methyl sites for hydroxylation is 1. The van der Waals surface area contributed by atoms with Gasteiger partial charge in [-0.2, -0.15) is 0 Å². The van der Waals surface area contributed by atoms with Crippen LogP contribution in [0.1, 0.15) is 30.7 Å². The molecule has 0 aliphatic heterocycles. The Morgan fingerprint density at radius 1 is 1.10 bits per heavy atom. The molecule has 0 aliphatic carbocycles. The van der Waals surface area contributed by atoms with Gasteiger partial charge >= 0.3 is 0 Å². The number of hydrogen-bond acceptors (Lipinski definition) is 6.